The molecule has 110 valence electrons. The zero-order valence-electron chi connectivity index (χ0n) is 11.8. The number of hydrogen-bond donors (Lipinski definition) is 2. The lowest BCUT2D eigenvalue weighted by Gasteiger charge is -2.11. The van der Waals surface area contributed by atoms with Crippen LogP contribution in [-0.2, 0) is 4.79 Å². The zero-order chi connectivity index (χ0) is 15.4. The van der Waals surface area contributed by atoms with Gasteiger partial charge in [-0.25, -0.2) is 0 Å². The quantitative estimate of drug-likeness (QED) is 0.821. The Morgan fingerprint density at radius 3 is 2.67 bits per heavy atom. The lowest BCUT2D eigenvalue weighted by atomic mass is 10.1. The number of phenolic OH excluding ortho intramolecular Hbond substituents is 1. The summed E-state index contributed by atoms with van der Waals surface area (Å²) in [6.07, 6.45) is 0. The summed E-state index contributed by atoms with van der Waals surface area (Å²) < 4.78 is 0. The minimum atomic E-state index is -0.155. The molecule has 0 atom stereocenters. The maximum Gasteiger partial charge on any atom is 0.234 e. The molecule has 5 heteroatoms. The van der Waals surface area contributed by atoms with Crippen LogP contribution in [0, 0.1) is 13.8 Å². The Morgan fingerprint density at radius 1 is 1.29 bits per heavy atom. The third-order valence-electron chi connectivity index (χ3n) is 2.92. The highest BCUT2D eigenvalue weighted by Gasteiger charge is 2.10. The van der Waals surface area contributed by atoms with Crippen LogP contribution in [0.4, 0.5) is 5.69 Å². The summed E-state index contributed by atoms with van der Waals surface area (Å²) >= 11 is 7.44. The van der Waals surface area contributed by atoms with Crippen LogP contribution in [-0.4, -0.2) is 16.8 Å². The third kappa shape index (κ3) is 4.16. The van der Waals surface area contributed by atoms with Crippen LogP contribution in [0.3, 0.4) is 0 Å². The lowest BCUT2D eigenvalue weighted by molar-refractivity contribution is -0.113. The van der Waals surface area contributed by atoms with Gasteiger partial charge in [0.25, 0.3) is 0 Å². The Kier molecular flexibility index (Phi) is 5.15. The number of amides is 1. The monoisotopic (exact) mass is 321 g/mol. The minimum absolute atomic E-state index is 0.155. The van der Waals surface area contributed by atoms with Gasteiger partial charge in [-0.15, -0.1) is 11.8 Å². The smallest absolute Gasteiger partial charge is 0.234 e. The molecule has 0 saturated heterocycles. The molecule has 0 aliphatic carbocycles. The van der Waals surface area contributed by atoms with Gasteiger partial charge in [-0.05, 0) is 43.2 Å². The van der Waals surface area contributed by atoms with E-state index in [9.17, 15) is 9.90 Å². The standard InChI is InChI=1S/C16H16ClNO2S/c1-10-7-11(2)16(12(17)8-10)18-15(20)9-21-14-6-4-3-5-13(14)19/h3-8,19H,9H2,1-2H3,(H,18,20). The first-order valence-electron chi connectivity index (χ1n) is 6.45. The summed E-state index contributed by atoms with van der Waals surface area (Å²) in [6.45, 7) is 3.86. The minimum Gasteiger partial charge on any atom is -0.507 e. The van der Waals surface area contributed by atoms with E-state index in [2.05, 4.69) is 5.32 Å². The molecule has 0 aromatic heterocycles. The van der Waals surface area contributed by atoms with Gasteiger partial charge in [0, 0.05) is 4.90 Å². The normalized spacial score (nSPS) is 10.4. The second-order valence-corrected chi connectivity index (χ2v) is 6.17. The fourth-order valence-corrected chi connectivity index (χ4v) is 3.09. The maximum absolute atomic E-state index is 12.0. The molecule has 21 heavy (non-hydrogen) atoms. The van der Waals surface area contributed by atoms with E-state index < -0.39 is 0 Å². The number of aryl methyl sites for hydroxylation is 2. The van der Waals surface area contributed by atoms with Crippen molar-refractivity contribution < 1.29 is 9.90 Å². The summed E-state index contributed by atoms with van der Waals surface area (Å²) in [5, 5.41) is 13.0. The number of anilines is 1. The molecule has 0 unspecified atom stereocenters. The molecule has 2 N–H and O–H groups in total. The highest BCUT2D eigenvalue weighted by molar-refractivity contribution is 8.00. The van der Waals surface area contributed by atoms with E-state index in [1.165, 1.54) is 11.8 Å². The summed E-state index contributed by atoms with van der Waals surface area (Å²) in [4.78, 5) is 12.7. The lowest BCUT2D eigenvalue weighted by Crippen LogP contribution is -2.15. The molecule has 0 fully saturated rings. The summed E-state index contributed by atoms with van der Waals surface area (Å²) in [6, 6.07) is 10.7. The Morgan fingerprint density at radius 2 is 2.00 bits per heavy atom. The molecule has 2 rings (SSSR count). The first-order valence-corrected chi connectivity index (χ1v) is 7.81. The fourth-order valence-electron chi connectivity index (χ4n) is 1.97. The van der Waals surface area contributed by atoms with Crippen LogP contribution in [0.25, 0.3) is 0 Å². The van der Waals surface area contributed by atoms with E-state index >= 15 is 0 Å². The van der Waals surface area contributed by atoms with E-state index in [-0.39, 0.29) is 17.4 Å². The molecule has 1 amide bonds. The van der Waals surface area contributed by atoms with Crippen molar-refractivity contribution in [2.24, 2.45) is 0 Å². The number of aromatic hydroxyl groups is 1. The molecule has 3 nitrogen and oxygen atoms in total. The van der Waals surface area contributed by atoms with Crippen LogP contribution in [0.1, 0.15) is 11.1 Å². The zero-order valence-corrected chi connectivity index (χ0v) is 13.4. The first kappa shape index (κ1) is 15.7. The maximum atomic E-state index is 12.0. The Hall–Kier alpha value is -1.65. The van der Waals surface area contributed by atoms with Gasteiger partial charge in [-0.2, -0.15) is 0 Å². The van der Waals surface area contributed by atoms with Crippen LogP contribution in [0.2, 0.25) is 5.02 Å². The third-order valence-corrected chi connectivity index (χ3v) is 4.28. The van der Waals surface area contributed by atoms with E-state index in [0.717, 1.165) is 11.1 Å². The predicted octanol–water partition coefficient (Wildman–Crippen LogP) is 4.39. The molecule has 0 bridgehead atoms. The van der Waals surface area contributed by atoms with Crippen molar-refractivity contribution in [2.45, 2.75) is 18.7 Å². The SMILES string of the molecule is Cc1cc(C)c(NC(=O)CSc2ccccc2O)c(Cl)c1. The van der Waals surface area contributed by atoms with Gasteiger partial charge in [-0.3, -0.25) is 4.79 Å². The Bertz CT molecular complexity index is 650. The number of rotatable bonds is 4. The van der Waals surface area contributed by atoms with Crippen molar-refractivity contribution in [3.8, 4) is 5.75 Å². The van der Waals surface area contributed by atoms with Gasteiger partial charge in [0.05, 0.1) is 16.5 Å². The van der Waals surface area contributed by atoms with E-state index in [1.54, 1.807) is 18.2 Å². The number of hydrogen-bond acceptors (Lipinski definition) is 3. The van der Waals surface area contributed by atoms with Crippen LogP contribution >= 0.6 is 23.4 Å². The largest absolute Gasteiger partial charge is 0.507 e. The van der Waals surface area contributed by atoms with Crippen molar-refractivity contribution in [1.29, 1.82) is 0 Å². The summed E-state index contributed by atoms with van der Waals surface area (Å²) in [7, 11) is 0. The second kappa shape index (κ2) is 6.87. The van der Waals surface area contributed by atoms with Gasteiger partial charge in [0.15, 0.2) is 0 Å². The first-order chi connectivity index (χ1) is 9.97. The van der Waals surface area contributed by atoms with Crippen LogP contribution < -0.4 is 5.32 Å². The molecule has 0 spiro atoms. The van der Waals surface area contributed by atoms with Gasteiger partial charge in [0.1, 0.15) is 5.75 Å². The summed E-state index contributed by atoms with van der Waals surface area (Å²) in [5.41, 5.74) is 2.63. The number of halogens is 1. The van der Waals surface area contributed by atoms with Crippen LogP contribution in [0.15, 0.2) is 41.3 Å². The van der Waals surface area contributed by atoms with Gasteiger partial charge < -0.3 is 10.4 Å². The predicted molar refractivity (Wildman–Crippen MR) is 88.4 cm³/mol. The van der Waals surface area contributed by atoms with Crippen molar-refractivity contribution >= 4 is 35.0 Å². The van der Waals surface area contributed by atoms with E-state index in [0.29, 0.717) is 15.6 Å². The van der Waals surface area contributed by atoms with E-state index in [4.69, 9.17) is 11.6 Å². The average Bonchev–Trinajstić information content (AvgIpc) is 2.42. The molecule has 0 aliphatic heterocycles. The number of carbonyl (C=O) groups is 1. The number of phenols is 1. The Labute approximate surface area is 133 Å². The average molecular weight is 322 g/mol. The fraction of sp³-hybridized carbons (Fsp3) is 0.188. The molecule has 0 heterocycles. The molecule has 0 aliphatic rings. The number of carbonyl (C=O) groups excluding carboxylic acids is 1. The van der Waals surface area contributed by atoms with Crippen LogP contribution in [0.5, 0.6) is 5.75 Å². The van der Waals surface area contributed by atoms with Crippen molar-refractivity contribution in [2.75, 3.05) is 11.1 Å². The number of nitrogens with one attached hydrogen (secondary N) is 1. The Balaban J connectivity index is 2.01. The van der Waals surface area contributed by atoms with Crippen molar-refractivity contribution in [3.05, 3.63) is 52.5 Å². The number of para-hydroxylation sites is 1. The number of thioether (sulfide) groups is 1. The topological polar surface area (TPSA) is 49.3 Å². The van der Waals surface area contributed by atoms with Crippen molar-refractivity contribution in [1.82, 2.24) is 0 Å². The van der Waals surface area contributed by atoms with Gasteiger partial charge >= 0.3 is 0 Å². The second-order valence-electron chi connectivity index (χ2n) is 4.74. The highest BCUT2D eigenvalue weighted by atomic mass is 35.5. The highest BCUT2D eigenvalue weighted by Crippen LogP contribution is 2.29. The molecule has 0 saturated carbocycles. The number of benzene rings is 2. The summed E-state index contributed by atoms with van der Waals surface area (Å²) in [5.74, 6) is 0.235. The van der Waals surface area contributed by atoms with Gasteiger partial charge in [0.2, 0.25) is 5.91 Å². The molecule has 0 radical (unpaired) electrons. The van der Waals surface area contributed by atoms with E-state index in [1.807, 2.05) is 32.0 Å². The molecular formula is C16H16ClNO2S. The van der Waals surface area contributed by atoms with Gasteiger partial charge in [-0.1, -0.05) is 29.8 Å². The molecule has 2 aromatic carbocycles. The molecular weight excluding hydrogens is 306 g/mol. The molecule has 2 aromatic rings. The van der Waals surface area contributed by atoms with Crippen molar-refractivity contribution in [3.63, 3.8) is 0 Å².